The SMILES string of the molecule is COC(=O)C(C)(N)CC(C)SCC(O)CO. The molecule has 3 atom stereocenters. The largest absolute Gasteiger partial charge is 0.468 e. The highest BCUT2D eigenvalue weighted by Gasteiger charge is 2.31. The number of aliphatic hydroxyl groups is 2. The van der Waals surface area contributed by atoms with Crippen molar-refractivity contribution in [3.05, 3.63) is 0 Å². The van der Waals surface area contributed by atoms with Gasteiger partial charge in [-0.1, -0.05) is 6.92 Å². The van der Waals surface area contributed by atoms with Crippen LogP contribution in [0.2, 0.25) is 0 Å². The molecular weight excluding hydrogens is 230 g/mol. The van der Waals surface area contributed by atoms with Gasteiger partial charge in [-0.2, -0.15) is 11.8 Å². The summed E-state index contributed by atoms with van der Waals surface area (Å²) in [5.74, 6) is -0.0165. The molecule has 3 unspecified atom stereocenters. The van der Waals surface area contributed by atoms with E-state index in [1.54, 1.807) is 6.92 Å². The van der Waals surface area contributed by atoms with Gasteiger partial charge in [0.15, 0.2) is 0 Å². The van der Waals surface area contributed by atoms with E-state index in [1.165, 1.54) is 18.9 Å². The molecule has 0 rings (SSSR count). The van der Waals surface area contributed by atoms with Crippen LogP contribution in [0.4, 0.5) is 0 Å². The lowest BCUT2D eigenvalue weighted by Crippen LogP contribution is -2.47. The minimum absolute atomic E-state index is 0.107. The molecule has 0 fully saturated rings. The Morgan fingerprint density at radius 2 is 2.19 bits per heavy atom. The Hall–Kier alpha value is -0.300. The van der Waals surface area contributed by atoms with E-state index in [2.05, 4.69) is 4.74 Å². The van der Waals surface area contributed by atoms with Crippen LogP contribution in [0.3, 0.4) is 0 Å². The van der Waals surface area contributed by atoms with Crippen molar-refractivity contribution >= 4 is 17.7 Å². The van der Waals surface area contributed by atoms with Crippen LogP contribution in [0.5, 0.6) is 0 Å². The summed E-state index contributed by atoms with van der Waals surface area (Å²) in [6, 6.07) is 0. The first-order valence-corrected chi connectivity index (χ1v) is 6.16. The molecule has 0 aromatic heterocycles. The number of methoxy groups -OCH3 is 1. The van der Waals surface area contributed by atoms with Crippen molar-refractivity contribution < 1.29 is 19.7 Å². The molecule has 0 bridgehead atoms. The molecule has 0 spiro atoms. The summed E-state index contributed by atoms with van der Waals surface area (Å²) in [5, 5.41) is 17.9. The van der Waals surface area contributed by atoms with E-state index in [0.29, 0.717) is 12.2 Å². The molecule has 0 heterocycles. The number of ether oxygens (including phenoxy) is 1. The second kappa shape index (κ2) is 7.11. The fourth-order valence-electron chi connectivity index (χ4n) is 1.30. The zero-order valence-corrected chi connectivity index (χ0v) is 10.8. The Kier molecular flexibility index (Phi) is 6.98. The molecule has 0 saturated carbocycles. The lowest BCUT2D eigenvalue weighted by Gasteiger charge is -2.25. The van der Waals surface area contributed by atoms with Crippen LogP contribution >= 0.6 is 11.8 Å². The van der Waals surface area contributed by atoms with Gasteiger partial charge < -0.3 is 20.7 Å². The summed E-state index contributed by atoms with van der Waals surface area (Å²) in [6.45, 7) is 3.29. The molecule has 0 aliphatic rings. The van der Waals surface area contributed by atoms with E-state index < -0.39 is 17.6 Å². The molecule has 0 amide bonds. The van der Waals surface area contributed by atoms with E-state index >= 15 is 0 Å². The topological polar surface area (TPSA) is 92.8 Å². The normalized spacial score (nSPS) is 18.6. The van der Waals surface area contributed by atoms with Gasteiger partial charge in [0.1, 0.15) is 5.54 Å². The summed E-state index contributed by atoms with van der Waals surface area (Å²) in [4.78, 5) is 11.3. The van der Waals surface area contributed by atoms with Crippen molar-refractivity contribution in [2.45, 2.75) is 37.2 Å². The third-order valence-corrected chi connectivity index (χ3v) is 3.46. The predicted octanol–water partition coefficient (Wildman–Crippen LogP) is -0.258. The van der Waals surface area contributed by atoms with Gasteiger partial charge in [-0.3, -0.25) is 4.79 Å². The third kappa shape index (κ3) is 5.69. The van der Waals surface area contributed by atoms with Crippen LogP contribution in [0, 0.1) is 0 Å². The number of thioether (sulfide) groups is 1. The zero-order chi connectivity index (χ0) is 12.8. The van der Waals surface area contributed by atoms with Crippen LogP contribution in [-0.2, 0) is 9.53 Å². The molecule has 0 aliphatic heterocycles. The minimum atomic E-state index is -1.01. The number of carbonyl (C=O) groups excluding carboxylic acids is 1. The lowest BCUT2D eigenvalue weighted by atomic mass is 9.98. The van der Waals surface area contributed by atoms with Gasteiger partial charge in [-0.25, -0.2) is 0 Å². The summed E-state index contributed by atoms with van der Waals surface area (Å²) in [6.07, 6.45) is -0.266. The predicted molar refractivity (Wildman–Crippen MR) is 64.2 cm³/mol. The molecule has 6 heteroatoms. The summed E-state index contributed by atoms with van der Waals surface area (Å²) >= 11 is 1.47. The Labute approximate surface area is 100 Å². The van der Waals surface area contributed by atoms with Crippen LogP contribution in [0.15, 0.2) is 0 Å². The number of rotatable bonds is 7. The smallest absolute Gasteiger partial charge is 0.325 e. The number of hydrogen-bond donors (Lipinski definition) is 3. The minimum Gasteiger partial charge on any atom is -0.468 e. The van der Waals surface area contributed by atoms with Gasteiger partial charge in [0.25, 0.3) is 0 Å². The second-order valence-corrected chi connectivity index (χ2v) is 5.56. The lowest BCUT2D eigenvalue weighted by molar-refractivity contribution is -0.146. The number of esters is 1. The van der Waals surface area contributed by atoms with E-state index in [4.69, 9.17) is 15.9 Å². The highest BCUT2D eigenvalue weighted by molar-refractivity contribution is 7.99. The molecule has 0 aromatic carbocycles. The highest BCUT2D eigenvalue weighted by Crippen LogP contribution is 2.21. The molecule has 0 aromatic rings. The van der Waals surface area contributed by atoms with Crippen molar-refractivity contribution in [2.75, 3.05) is 19.5 Å². The van der Waals surface area contributed by atoms with E-state index in [1.807, 2.05) is 6.92 Å². The molecule has 96 valence electrons. The first-order chi connectivity index (χ1) is 7.33. The maximum absolute atomic E-state index is 11.3. The highest BCUT2D eigenvalue weighted by atomic mass is 32.2. The van der Waals surface area contributed by atoms with Crippen LogP contribution < -0.4 is 5.73 Å². The summed E-state index contributed by atoms with van der Waals surface area (Å²) < 4.78 is 4.60. The molecule has 0 aliphatic carbocycles. The molecule has 4 N–H and O–H groups in total. The molecule has 5 nitrogen and oxygen atoms in total. The first kappa shape index (κ1) is 15.7. The van der Waals surface area contributed by atoms with Crippen LogP contribution in [0.25, 0.3) is 0 Å². The van der Waals surface area contributed by atoms with Gasteiger partial charge in [-0.05, 0) is 13.3 Å². The number of hydrogen-bond acceptors (Lipinski definition) is 6. The molecule has 16 heavy (non-hydrogen) atoms. The van der Waals surface area contributed by atoms with Crippen LogP contribution in [-0.4, -0.2) is 52.5 Å². The van der Waals surface area contributed by atoms with Crippen LogP contribution in [0.1, 0.15) is 20.3 Å². The fourth-order valence-corrected chi connectivity index (χ4v) is 2.42. The monoisotopic (exact) mass is 251 g/mol. The zero-order valence-electron chi connectivity index (χ0n) is 9.97. The Balaban J connectivity index is 4.03. The fraction of sp³-hybridized carbons (Fsp3) is 0.900. The van der Waals surface area contributed by atoms with E-state index in [9.17, 15) is 4.79 Å². The van der Waals surface area contributed by atoms with Crippen molar-refractivity contribution in [3.63, 3.8) is 0 Å². The van der Waals surface area contributed by atoms with Crippen molar-refractivity contribution in [2.24, 2.45) is 5.73 Å². The molecule has 0 saturated heterocycles. The standard InChI is InChI=1S/C10H21NO4S/c1-7(16-6-8(13)5-12)4-10(2,11)9(14)15-3/h7-8,12-13H,4-6,11H2,1-3H3. The summed E-state index contributed by atoms with van der Waals surface area (Å²) in [7, 11) is 1.31. The maximum atomic E-state index is 11.3. The second-order valence-electron chi connectivity index (χ2n) is 4.09. The Morgan fingerprint density at radius 1 is 1.62 bits per heavy atom. The number of carbonyl (C=O) groups is 1. The van der Waals surface area contributed by atoms with Gasteiger partial charge in [0.05, 0.1) is 19.8 Å². The average Bonchev–Trinajstić information content (AvgIpc) is 2.23. The molecular formula is C10H21NO4S. The van der Waals surface area contributed by atoms with Gasteiger partial charge >= 0.3 is 5.97 Å². The van der Waals surface area contributed by atoms with Gasteiger partial charge in [0.2, 0.25) is 0 Å². The van der Waals surface area contributed by atoms with E-state index in [0.717, 1.165) is 0 Å². The Bertz CT molecular complexity index is 223. The average molecular weight is 251 g/mol. The van der Waals surface area contributed by atoms with Gasteiger partial charge in [-0.15, -0.1) is 0 Å². The quantitative estimate of drug-likeness (QED) is 0.540. The maximum Gasteiger partial charge on any atom is 0.325 e. The first-order valence-electron chi connectivity index (χ1n) is 5.11. The van der Waals surface area contributed by atoms with Crippen molar-refractivity contribution in [1.82, 2.24) is 0 Å². The summed E-state index contributed by atoms with van der Waals surface area (Å²) in [5.41, 5.74) is 4.80. The number of nitrogens with two attached hydrogens (primary N) is 1. The third-order valence-electron chi connectivity index (χ3n) is 2.15. The van der Waals surface area contributed by atoms with Gasteiger partial charge in [0, 0.05) is 11.0 Å². The van der Waals surface area contributed by atoms with Crippen molar-refractivity contribution in [3.8, 4) is 0 Å². The molecule has 0 radical (unpaired) electrons. The van der Waals surface area contributed by atoms with Crippen molar-refractivity contribution in [1.29, 1.82) is 0 Å². The Morgan fingerprint density at radius 3 is 2.62 bits per heavy atom. The number of aliphatic hydroxyl groups excluding tert-OH is 2. The van der Waals surface area contributed by atoms with E-state index in [-0.39, 0.29) is 11.9 Å².